The fraction of sp³-hybridized carbons (Fsp3) is 0.591. The molecule has 2 aliphatic rings. The lowest BCUT2D eigenvalue weighted by Gasteiger charge is -2.53. The van der Waals surface area contributed by atoms with Crippen molar-refractivity contribution in [2.45, 2.75) is 44.8 Å². The quantitative estimate of drug-likeness (QED) is 0.723. The minimum Gasteiger partial charge on any atom is -0.356 e. The molecule has 0 radical (unpaired) electrons. The molecule has 7 heteroatoms. The predicted molar refractivity (Wildman–Crippen MR) is 112 cm³/mol. The summed E-state index contributed by atoms with van der Waals surface area (Å²) in [5.41, 5.74) is 0.798. The molecule has 0 unspecified atom stereocenters. The number of hydrogen-bond donors (Lipinski definition) is 1. The fourth-order valence-corrected chi connectivity index (χ4v) is 4.95. The number of pyridine rings is 1. The topological polar surface area (TPSA) is 66.3 Å². The van der Waals surface area contributed by atoms with E-state index in [9.17, 15) is 4.79 Å². The Bertz CT molecular complexity index is 780. The summed E-state index contributed by atoms with van der Waals surface area (Å²) in [6.45, 7) is 5.36. The van der Waals surface area contributed by atoms with Crippen molar-refractivity contribution in [3.05, 3.63) is 48.8 Å². The van der Waals surface area contributed by atoms with Gasteiger partial charge >= 0.3 is 0 Å². The minimum absolute atomic E-state index is 0.241. The van der Waals surface area contributed by atoms with Crippen LogP contribution in [0.25, 0.3) is 0 Å². The van der Waals surface area contributed by atoms with E-state index in [2.05, 4.69) is 42.8 Å². The zero-order valence-corrected chi connectivity index (χ0v) is 17.3. The van der Waals surface area contributed by atoms with Gasteiger partial charge in [0.05, 0.1) is 17.4 Å². The van der Waals surface area contributed by atoms with Crippen molar-refractivity contribution < 1.29 is 4.79 Å². The molecule has 29 heavy (non-hydrogen) atoms. The number of aromatic nitrogens is 3. The number of carbonyl (C=O) groups excluding carboxylic acids is 1. The summed E-state index contributed by atoms with van der Waals surface area (Å²) in [5.74, 6) is 0.243. The molecular weight excluding hydrogens is 364 g/mol. The molecule has 4 heterocycles. The van der Waals surface area contributed by atoms with E-state index in [1.54, 1.807) is 6.20 Å². The molecule has 2 fully saturated rings. The number of likely N-dealkylation sites (tertiary alicyclic amines) is 2. The maximum atomic E-state index is 13.4. The van der Waals surface area contributed by atoms with Gasteiger partial charge in [-0.25, -0.2) is 4.98 Å². The molecule has 0 bridgehead atoms. The van der Waals surface area contributed by atoms with Crippen molar-refractivity contribution in [3.63, 3.8) is 0 Å². The van der Waals surface area contributed by atoms with Crippen molar-refractivity contribution in [2.75, 3.05) is 33.2 Å². The maximum absolute atomic E-state index is 13.4. The molecular formula is C22H32N6O. The number of nitrogens with one attached hydrogen (secondary N) is 1. The molecule has 2 atom stereocenters. The van der Waals surface area contributed by atoms with E-state index < -0.39 is 0 Å². The van der Waals surface area contributed by atoms with Gasteiger partial charge in [0, 0.05) is 50.8 Å². The Hall–Kier alpha value is -2.25. The summed E-state index contributed by atoms with van der Waals surface area (Å²) in [6, 6.07) is 6.32. The number of likely N-dealkylation sites (N-methyl/N-ethyl adjacent to an activating group) is 1. The number of aryl methyl sites for hydroxylation is 1. The standard InChI is InChI=1S/C22H32N6O/c1-26-14-8-22(21(29)25-10-5-12-27-15-11-23-18-27)7-4-13-28(20(22)17-26)16-19-6-2-3-9-24-19/h2-3,6,9,11,15,18,20H,4-5,7-8,10,12-14,16-17H2,1H3,(H,25,29)/t20-,22+/m0/s1. The highest BCUT2D eigenvalue weighted by atomic mass is 16.2. The normalized spacial score (nSPS) is 25.5. The molecule has 0 spiro atoms. The number of hydrogen-bond acceptors (Lipinski definition) is 5. The summed E-state index contributed by atoms with van der Waals surface area (Å²) in [7, 11) is 2.17. The van der Waals surface area contributed by atoms with E-state index >= 15 is 0 Å². The van der Waals surface area contributed by atoms with Gasteiger partial charge < -0.3 is 14.8 Å². The number of amides is 1. The van der Waals surface area contributed by atoms with Crippen LogP contribution in [0.1, 0.15) is 31.4 Å². The van der Waals surface area contributed by atoms with Crippen molar-refractivity contribution >= 4 is 5.91 Å². The highest BCUT2D eigenvalue weighted by Gasteiger charge is 2.52. The van der Waals surface area contributed by atoms with Crippen molar-refractivity contribution in [1.82, 2.24) is 29.7 Å². The van der Waals surface area contributed by atoms with Gasteiger partial charge in [-0.1, -0.05) is 6.07 Å². The molecule has 2 aromatic heterocycles. The van der Waals surface area contributed by atoms with E-state index in [1.807, 2.05) is 30.9 Å². The highest BCUT2D eigenvalue weighted by Crippen LogP contribution is 2.43. The molecule has 0 saturated carbocycles. The molecule has 2 aromatic rings. The second kappa shape index (κ2) is 9.05. The molecule has 7 nitrogen and oxygen atoms in total. The van der Waals surface area contributed by atoms with Crippen LogP contribution in [0.5, 0.6) is 0 Å². The molecule has 1 amide bonds. The van der Waals surface area contributed by atoms with Crippen LogP contribution >= 0.6 is 0 Å². The maximum Gasteiger partial charge on any atom is 0.227 e. The van der Waals surface area contributed by atoms with Crippen LogP contribution in [0.4, 0.5) is 0 Å². The number of piperidine rings is 2. The van der Waals surface area contributed by atoms with Gasteiger partial charge in [0.25, 0.3) is 0 Å². The lowest BCUT2D eigenvalue weighted by molar-refractivity contribution is -0.145. The van der Waals surface area contributed by atoms with E-state index in [0.717, 1.165) is 64.1 Å². The van der Waals surface area contributed by atoms with E-state index in [-0.39, 0.29) is 17.4 Å². The second-order valence-electron chi connectivity index (χ2n) is 8.49. The Labute approximate surface area is 173 Å². The molecule has 2 saturated heterocycles. The van der Waals surface area contributed by atoms with Crippen LogP contribution in [0.15, 0.2) is 43.1 Å². The Balaban J connectivity index is 1.42. The average molecular weight is 397 g/mol. The molecule has 2 aliphatic heterocycles. The molecule has 0 aliphatic carbocycles. The minimum atomic E-state index is -0.283. The van der Waals surface area contributed by atoms with Crippen LogP contribution in [0.3, 0.4) is 0 Å². The van der Waals surface area contributed by atoms with Gasteiger partial charge in [0.1, 0.15) is 0 Å². The number of imidazole rings is 1. The van der Waals surface area contributed by atoms with Crippen molar-refractivity contribution in [3.8, 4) is 0 Å². The summed E-state index contributed by atoms with van der Waals surface area (Å²) >= 11 is 0. The third-order valence-corrected chi connectivity index (χ3v) is 6.55. The monoisotopic (exact) mass is 396 g/mol. The predicted octanol–water partition coefficient (Wildman–Crippen LogP) is 1.77. The lowest BCUT2D eigenvalue weighted by atomic mass is 9.67. The number of rotatable bonds is 7. The van der Waals surface area contributed by atoms with Gasteiger partial charge in [-0.3, -0.25) is 14.7 Å². The zero-order valence-electron chi connectivity index (χ0n) is 17.3. The Morgan fingerprint density at radius 1 is 1.28 bits per heavy atom. The third-order valence-electron chi connectivity index (χ3n) is 6.55. The number of nitrogens with zero attached hydrogens (tertiary/aromatic N) is 5. The summed E-state index contributed by atoms with van der Waals surface area (Å²) in [5, 5.41) is 3.27. The van der Waals surface area contributed by atoms with Crippen LogP contribution in [-0.2, 0) is 17.9 Å². The van der Waals surface area contributed by atoms with Gasteiger partial charge in [-0.15, -0.1) is 0 Å². The molecule has 0 aromatic carbocycles. The van der Waals surface area contributed by atoms with E-state index in [0.29, 0.717) is 6.54 Å². The smallest absolute Gasteiger partial charge is 0.227 e. The van der Waals surface area contributed by atoms with Gasteiger partial charge in [0.15, 0.2) is 0 Å². The zero-order chi connectivity index (χ0) is 20.1. The third kappa shape index (κ3) is 4.51. The second-order valence-corrected chi connectivity index (χ2v) is 8.49. The Morgan fingerprint density at radius 2 is 2.21 bits per heavy atom. The Morgan fingerprint density at radius 3 is 3.00 bits per heavy atom. The first kappa shape index (κ1) is 20.0. The summed E-state index contributed by atoms with van der Waals surface area (Å²) < 4.78 is 2.05. The Kier molecular flexibility index (Phi) is 6.25. The van der Waals surface area contributed by atoms with Crippen molar-refractivity contribution in [1.29, 1.82) is 0 Å². The summed E-state index contributed by atoms with van der Waals surface area (Å²) in [6.07, 6.45) is 11.3. The molecule has 4 rings (SSSR count). The average Bonchev–Trinajstić information content (AvgIpc) is 3.26. The van der Waals surface area contributed by atoms with Gasteiger partial charge in [0.2, 0.25) is 5.91 Å². The highest BCUT2D eigenvalue weighted by molar-refractivity contribution is 5.83. The van der Waals surface area contributed by atoms with Crippen LogP contribution in [-0.4, -0.2) is 69.5 Å². The largest absolute Gasteiger partial charge is 0.356 e. The molecule has 156 valence electrons. The fourth-order valence-electron chi connectivity index (χ4n) is 4.95. The first-order chi connectivity index (χ1) is 14.2. The summed E-state index contributed by atoms with van der Waals surface area (Å²) in [4.78, 5) is 26.9. The first-order valence-corrected chi connectivity index (χ1v) is 10.7. The molecule has 1 N–H and O–H groups in total. The number of fused-ring (bicyclic) bond motifs is 1. The van der Waals surface area contributed by atoms with Gasteiger partial charge in [-0.05, 0) is 58.0 Å². The lowest BCUT2D eigenvalue weighted by Crippen LogP contribution is -2.65. The SMILES string of the molecule is CN1CC[C@]2(C(=O)NCCCn3ccnc3)CCCN(Cc3ccccn3)[C@H]2C1. The first-order valence-electron chi connectivity index (χ1n) is 10.7. The van der Waals surface area contributed by atoms with E-state index in [4.69, 9.17) is 0 Å². The van der Waals surface area contributed by atoms with Crippen LogP contribution in [0.2, 0.25) is 0 Å². The van der Waals surface area contributed by atoms with E-state index in [1.165, 1.54) is 0 Å². The van der Waals surface area contributed by atoms with Crippen LogP contribution < -0.4 is 5.32 Å². The van der Waals surface area contributed by atoms with Crippen molar-refractivity contribution in [2.24, 2.45) is 5.41 Å². The van der Waals surface area contributed by atoms with Gasteiger partial charge in [-0.2, -0.15) is 0 Å². The van der Waals surface area contributed by atoms with Crippen LogP contribution in [0, 0.1) is 5.41 Å². The number of carbonyl (C=O) groups is 1.